The first-order valence-electron chi connectivity index (χ1n) is 6.24. The van der Waals surface area contributed by atoms with Crippen LogP contribution in [0.25, 0.3) is 0 Å². The number of ether oxygens (including phenoxy) is 1. The van der Waals surface area contributed by atoms with Crippen LogP contribution in [0, 0.1) is 0 Å². The molecule has 0 aliphatic rings. The van der Waals surface area contributed by atoms with Crippen molar-refractivity contribution in [3.05, 3.63) is 52.2 Å². The van der Waals surface area contributed by atoms with Gasteiger partial charge < -0.3 is 4.74 Å². The number of thiophene rings is 1. The third kappa shape index (κ3) is 3.90. The van der Waals surface area contributed by atoms with E-state index in [1.165, 1.54) is 13.2 Å². The van der Waals surface area contributed by atoms with Crippen molar-refractivity contribution < 1.29 is 17.9 Å². The van der Waals surface area contributed by atoms with Gasteiger partial charge >= 0.3 is 5.97 Å². The molecule has 0 saturated heterocycles. The van der Waals surface area contributed by atoms with Crippen molar-refractivity contribution in [2.24, 2.45) is 0 Å². The molecule has 21 heavy (non-hydrogen) atoms. The molecule has 0 atom stereocenters. The maximum Gasteiger partial charge on any atom is 0.349 e. The molecule has 5 nitrogen and oxygen atoms in total. The summed E-state index contributed by atoms with van der Waals surface area (Å²) in [5, 5.41) is 1.55. The standard InChI is InChI=1S/C14H15NO4S2/c1-19-14(16)13-12(8-10-20-13)21(17,18)15-9-7-11-5-3-2-4-6-11/h2-6,8,10,15H,7,9H2,1H3. The highest BCUT2D eigenvalue weighted by molar-refractivity contribution is 7.89. The molecule has 1 N–H and O–H groups in total. The molecular weight excluding hydrogens is 310 g/mol. The number of hydrogen-bond acceptors (Lipinski definition) is 5. The summed E-state index contributed by atoms with van der Waals surface area (Å²) < 4.78 is 31.5. The molecule has 112 valence electrons. The fourth-order valence-electron chi connectivity index (χ4n) is 1.80. The van der Waals surface area contributed by atoms with Crippen molar-refractivity contribution in [1.82, 2.24) is 4.72 Å². The van der Waals surface area contributed by atoms with Gasteiger partial charge in [-0.05, 0) is 23.4 Å². The zero-order valence-corrected chi connectivity index (χ0v) is 13.0. The quantitative estimate of drug-likeness (QED) is 0.825. The summed E-state index contributed by atoms with van der Waals surface area (Å²) in [5.74, 6) is -0.645. The maximum absolute atomic E-state index is 12.2. The van der Waals surface area contributed by atoms with Crippen molar-refractivity contribution in [1.29, 1.82) is 0 Å². The van der Waals surface area contributed by atoms with Gasteiger partial charge in [-0.3, -0.25) is 0 Å². The molecule has 1 aromatic carbocycles. The van der Waals surface area contributed by atoms with Crippen LogP contribution in [0.4, 0.5) is 0 Å². The Balaban J connectivity index is 2.06. The van der Waals surface area contributed by atoms with Crippen molar-refractivity contribution in [3.8, 4) is 0 Å². The van der Waals surface area contributed by atoms with E-state index in [0.717, 1.165) is 16.9 Å². The van der Waals surface area contributed by atoms with Crippen molar-refractivity contribution >= 4 is 27.3 Å². The minimum Gasteiger partial charge on any atom is -0.465 e. The van der Waals surface area contributed by atoms with Gasteiger partial charge in [-0.1, -0.05) is 30.3 Å². The molecule has 0 fully saturated rings. The number of hydrogen-bond donors (Lipinski definition) is 1. The van der Waals surface area contributed by atoms with Crippen LogP contribution in [0.5, 0.6) is 0 Å². The Bertz CT molecular complexity index is 708. The highest BCUT2D eigenvalue weighted by Crippen LogP contribution is 2.22. The summed E-state index contributed by atoms with van der Waals surface area (Å²) in [6.07, 6.45) is 0.581. The predicted octanol–water partition coefficient (Wildman–Crippen LogP) is 2.06. The Labute approximate surface area is 127 Å². The van der Waals surface area contributed by atoms with E-state index in [1.807, 2.05) is 30.3 Å². The number of carbonyl (C=O) groups excluding carboxylic acids is 1. The molecule has 0 saturated carbocycles. The van der Waals surface area contributed by atoms with Crippen LogP contribution in [-0.2, 0) is 21.2 Å². The second kappa shape index (κ2) is 6.84. The lowest BCUT2D eigenvalue weighted by molar-refractivity contribution is 0.0602. The van der Waals surface area contributed by atoms with E-state index in [-0.39, 0.29) is 16.3 Å². The minimum atomic E-state index is -3.71. The lowest BCUT2D eigenvalue weighted by Crippen LogP contribution is -2.27. The number of esters is 1. The van der Waals surface area contributed by atoms with Gasteiger partial charge in [-0.15, -0.1) is 11.3 Å². The van der Waals surface area contributed by atoms with Crippen molar-refractivity contribution in [2.75, 3.05) is 13.7 Å². The normalized spacial score (nSPS) is 11.3. The Hall–Kier alpha value is -1.70. The van der Waals surface area contributed by atoms with Crippen molar-refractivity contribution in [3.63, 3.8) is 0 Å². The zero-order valence-electron chi connectivity index (χ0n) is 11.4. The molecular formula is C14H15NO4S2. The van der Waals surface area contributed by atoms with E-state index in [2.05, 4.69) is 9.46 Å². The third-order valence-electron chi connectivity index (χ3n) is 2.84. The smallest absolute Gasteiger partial charge is 0.349 e. The molecule has 0 unspecified atom stereocenters. The molecule has 0 bridgehead atoms. The number of rotatable bonds is 6. The average molecular weight is 325 g/mol. The largest absolute Gasteiger partial charge is 0.465 e. The summed E-state index contributed by atoms with van der Waals surface area (Å²) in [6, 6.07) is 11.0. The average Bonchev–Trinajstić information content (AvgIpc) is 2.98. The van der Waals surface area contributed by atoms with Gasteiger partial charge in [0.25, 0.3) is 0 Å². The van der Waals surface area contributed by atoms with Gasteiger partial charge in [0.15, 0.2) is 0 Å². The first-order chi connectivity index (χ1) is 10.0. The van der Waals surface area contributed by atoms with Gasteiger partial charge in [0, 0.05) is 6.54 Å². The summed E-state index contributed by atoms with van der Waals surface area (Å²) >= 11 is 1.05. The number of sulfonamides is 1. The topological polar surface area (TPSA) is 72.5 Å². The molecule has 2 rings (SSSR count). The van der Waals surface area contributed by atoms with E-state index in [9.17, 15) is 13.2 Å². The van der Waals surface area contributed by atoms with E-state index < -0.39 is 16.0 Å². The molecule has 1 aromatic heterocycles. The minimum absolute atomic E-state index is 0.0348. The molecule has 7 heteroatoms. The van der Waals surface area contributed by atoms with Crippen LogP contribution in [0.3, 0.4) is 0 Å². The van der Waals surface area contributed by atoms with Crippen LogP contribution < -0.4 is 4.72 Å². The molecule has 0 aliphatic heterocycles. The van der Waals surface area contributed by atoms with Crippen LogP contribution >= 0.6 is 11.3 Å². The predicted molar refractivity (Wildman–Crippen MR) is 81.0 cm³/mol. The first-order valence-corrected chi connectivity index (χ1v) is 8.60. The number of carbonyl (C=O) groups is 1. The Kier molecular flexibility index (Phi) is 5.11. The SMILES string of the molecule is COC(=O)c1sccc1S(=O)(=O)NCCc1ccccc1. The summed E-state index contributed by atoms with van der Waals surface area (Å²) in [4.78, 5) is 11.6. The zero-order chi connectivity index (χ0) is 15.3. The van der Waals surface area contributed by atoms with Gasteiger partial charge in [-0.2, -0.15) is 0 Å². The number of benzene rings is 1. The fraction of sp³-hybridized carbons (Fsp3) is 0.214. The monoisotopic (exact) mass is 325 g/mol. The Morgan fingerprint density at radius 1 is 1.24 bits per heavy atom. The lowest BCUT2D eigenvalue weighted by Gasteiger charge is -2.07. The highest BCUT2D eigenvalue weighted by atomic mass is 32.2. The van der Waals surface area contributed by atoms with E-state index in [0.29, 0.717) is 6.42 Å². The Morgan fingerprint density at radius 2 is 1.95 bits per heavy atom. The van der Waals surface area contributed by atoms with Gasteiger partial charge in [0.2, 0.25) is 10.0 Å². The van der Waals surface area contributed by atoms with Crippen LogP contribution in [0.1, 0.15) is 15.2 Å². The van der Waals surface area contributed by atoms with Gasteiger partial charge in [0.1, 0.15) is 9.77 Å². The third-order valence-corrected chi connectivity index (χ3v) is 5.37. The maximum atomic E-state index is 12.2. The summed E-state index contributed by atoms with van der Waals surface area (Å²) in [5.41, 5.74) is 1.04. The second-order valence-corrected chi connectivity index (χ2v) is 6.89. The van der Waals surface area contributed by atoms with E-state index in [4.69, 9.17) is 0 Å². The van der Waals surface area contributed by atoms with Crippen LogP contribution in [0.15, 0.2) is 46.7 Å². The number of methoxy groups -OCH3 is 1. The molecule has 0 radical (unpaired) electrons. The van der Waals surface area contributed by atoms with E-state index in [1.54, 1.807) is 5.38 Å². The second-order valence-electron chi connectivity index (χ2n) is 4.24. The molecule has 0 spiro atoms. The van der Waals surface area contributed by atoms with Crippen molar-refractivity contribution in [2.45, 2.75) is 11.3 Å². The highest BCUT2D eigenvalue weighted by Gasteiger charge is 2.24. The van der Waals surface area contributed by atoms with E-state index >= 15 is 0 Å². The van der Waals surface area contributed by atoms with Gasteiger partial charge in [-0.25, -0.2) is 17.9 Å². The molecule has 1 heterocycles. The Morgan fingerprint density at radius 3 is 2.62 bits per heavy atom. The first kappa shape index (κ1) is 15.7. The van der Waals surface area contributed by atoms with Gasteiger partial charge in [0.05, 0.1) is 7.11 Å². The number of nitrogens with one attached hydrogen (secondary N) is 1. The molecule has 0 aliphatic carbocycles. The fourth-order valence-corrected chi connectivity index (χ4v) is 4.17. The lowest BCUT2D eigenvalue weighted by atomic mass is 10.2. The summed E-state index contributed by atoms with van der Waals surface area (Å²) in [6.45, 7) is 0.267. The molecule has 0 amide bonds. The summed E-state index contributed by atoms with van der Waals surface area (Å²) in [7, 11) is -2.49. The van der Waals surface area contributed by atoms with Crippen LogP contribution in [-0.4, -0.2) is 28.0 Å². The molecule has 2 aromatic rings. The van der Waals surface area contributed by atoms with Crippen LogP contribution in [0.2, 0.25) is 0 Å².